The zero-order valence-electron chi connectivity index (χ0n) is 13.2. The summed E-state index contributed by atoms with van der Waals surface area (Å²) in [5.74, 6) is -0.586. The van der Waals surface area contributed by atoms with Crippen molar-refractivity contribution in [2.45, 2.75) is 40.7 Å². The Labute approximate surface area is 120 Å². The molecule has 112 valence electrons. The fraction of sp³-hybridized carbons (Fsp3) is 0.600. The van der Waals surface area contributed by atoms with Gasteiger partial charge in [-0.3, -0.25) is 4.79 Å². The molecule has 1 rings (SSSR count). The van der Waals surface area contributed by atoms with E-state index in [4.69, 9.17) is 4.74 Å². The van der Waals surface area contributed by atoms with Crippen LogP contribution in [0.4, 0.5) is 0 Å². The second kappa shape index (κ2) is 6.59. The van der Waals surface area contributed by atoms with E-state index in [1.165, 1.54) is 4.90 Å². The maximum absolute atomic E-state index is 12.4. The molecule has 0 N–H and O–H groups in total. The molecule has 0 radical (unpaired) electrons. The lowest BCUT2D eigenvalue weighted by Gasteiger charge is -2.12. The molecule has 1 aromatic rings. The lowest BCUT2D eigenvalue weighted by Crippen LogP contribution is -2.24. The summed E-state index contributed by atoms with van der Waals surface area (Å²) in [5.41, 5.74) is 2.48. The van der Waals surface area contributed by atoms with Crippen LogP contribution in [0.15, 0.2) is 0 Å². The summed E-state index contributed by atoms with van der Waals surface area (Å²) in [6, 6.07) is 0. The molecule has 1 amide bonds. The normalized spacial score (nSPS) is 10.5. The second-order valence-electron chi connectivity index (χ2n) is 4.99. The molecule has 0 unspecified atom stereocenters. The van der Waals surface area contributed by atoms with E-state index in [0.717, 1.165) is 24.4 Å². The number of carbonyl (C=O) groups excluding carboxylic acids is 2. The van der Waals surface area contributed by atoms with Crippen molar-refractivity contribution >= 4 is 11.9 Å². The zero-order valence-corrected chi connectivity index (χ0v) is 13.2. The molecule has 0 fully saturated rings. The first-order valence-electron chi connectivity index (χ1n) is 6.95. The molecule has 0 spiro atoms. The van der Waals surface area contributed by atoms with Crippen LogP contribution in [0.5, 0.6) is 0 Å². The third-order valence-electron chi connectivity index (χ3n) is 3.33. The van der Waals surface area contributed by atoms with E-state index in [-0.39, 0.29) is 5.91 Å². The quantitative estimate of drug-likeness (QED) is 0.778. The van der Waals surface area contributed by atoms with Crippen LogP contribution in [0, 0.1) is 13.8 Å². The molecule has 1 aromatic heterocycles. The van der Waals surface area contributed by atoms with Crippen LogP contribution < -0.4 is 0 Å². The predicted molar refractivity (Wildman–Crippen MR) is 78.2 cm³/mol. The maximum atomic E-state index is 12.4. The number of amides is 1. The van der Waals surface area contributed by atoms with Crippen LogP contribution in [-0.2, 0) is 11.3 Å². The maximum Gasteiger partial charge on any atom is 0.340 e. The Bertz CT molecular complexity index is 516. The average Bonchev–Trinajstić information content (AvgIpc) is 2.62. The number of rotatable bonds is 5. The summed E-state index contributed by atoms with van der Waals surface area (Å²) in [6.45, 7) is 8.65. The average molecular weight is 280 g/mol. The Kier molecular flexibility index (Phi) is 5.36. The molecule has 0 aliphatic rings. The summed E-state index contributed by atoms with van der Waals surface area (Å²) < 4.78 is 7.12. The van der Waals surface area contributed by atoms with Crippen LogP contribution in [0.3, 0.4) is 0 Å². The highest BCUT2D eigenvalue weighted by Gasteiger charge is 2.28. The lowest BCUT2D eigenvalue weighted by molar-refractivity contribution is 0.0520. The zero-order chi connectivity index (χ0) is 15.4. The molecule has 1 heterocycles. The van der Waals surface area contributed by atoms with Crippen LogP contribution in [0.1, 0.15) is 52.4 Å². The molecule has 0 aliphatic heterocycles. The van der Waals surface area contributed by atoms with Gasteiger partial charge in [-0.05, 0) is 27.2 Å². The Balaban J connectivity index is 3.49. The minimum Gasteiger partial charge on any atom is -0.462 e. The smallest absolute Gasteiger partial charge is 0.340 e. The summed E-state index contributed by atoms with van der Waals surface area (Å²) in [6.07, 6.45) is 0.939. The summed E-state index contributed by atoms with van der Waals surface area (Å²) in [7, 11) is 3.37. The highest BCUT2D eigenvalue weighted by atomic mass is 16.5. The minimum absolute atomic E-state index is 0.163. The number of carbonyl (C=O) groups is 2. The molecular formula is C15H24N2O3. The van der Waals surface area contributed by atoms with Gasteiger partial charge in [-0.1, -0.05) is 6.92 Å². The largest absolute Gasteiger partial charge is 0.462 e. The van der Waals surface area contributed by atoms with E-state index in [2.05, 4.69) is 6.92 Å². The highest BCUT2D eigenvalue weighted by Crippen LogP contribution is 2.25. The van der Waals surface area contributed by atoms with Gasteiger partial charge in [0.1, 0.15) is 0 Å². The van der Waals surface area contributed by atoms with E-state index in [1.807, 2.05) is 18.4 Å². The van der Waals surface area contributed by atoms with Crippen LogP contribution >= 0.6 is 0 Å². The highest BCUT2D eigenvalue weighted by molar-refractivity contribution is 6.07. The van der Waals surface area contributed by atoms with Crippen molar-refractivity contribution < 1.29 is 14.3 Å². The number of esters is 1. The van der Waals surface area contributed by atoms with Gasteiger partial charge in [0.2, 0.25) is 0 Å². The lowest BCUT2D eigenvalue weighted by atomic mass is 10.1. The first-order chi connectivity index (χ1) is 9.36. The van der Waals surface area contributed by atoms with E-state index in [1.54, 1.807) is 21.0 Å². The molecule has 0 aliphatic carbocycles. The summed E-state index contributed by atoms with van der Waals surface area (Å²) in [5, 5.41) is 0. The Hall–Kier alpha value is -1.78. The molecule has 0 atom stereocenters. The predicted octanol–water partition coefficient (Wildman–Crippen LogP) is 2.39. The van der Waals surface area contributed by atoms with Gasteiger partial charge < -0.3 is 14.2 Å². The van der Waals surface area contributed by atoms with Gasteiger partial charge in [0.25, 0.3) is 5.91 Å². The standard InChI is InChI=1S/C15H24N2O3/c1-7-9-17-10(3)12(14(18)16(5)6)13(11(17)4)15(19)20-8-2/h7-9H2,1-6H3. The van der Waals surface area contributed by atoms with Crippen molar-refractivity contribution in [2.24, 2.45) is 0 Å². The van der Waals surface area contributed by atoms with E-state index in [0.29, 0.717) is 17.7 Å². The molecule has 0 saturated carbocycles. The van der Waals surface area contributed by atoms with Gasteiger partial charge in [0, 0.05) is 32.0 Å². The van der Waals surface area contributed by atoms with Gasteiger partial charge in [-0.15, -0.1) is 0 Å². The number of hydrogen-bond donors (Lipinski definition) is 0. The van der Waals surface area contributed by atoms with Gasteiger partial charge in [-0.2, -0.15) is 0 Å². The van der Waals surface area contributed by atoms with E-state index >= 15 is 0 Å². The molecule has 5 nitrogen and oxygen atoms in total. The van der Waals surface area contributed by atoms with Crippen molar-refractivity contribution in [3.05, 3.63) is 22.5 Å². The second-order valence-corrected chi connectivity index (χ2v) is 4.99. The van der Waals surface area contributed by atoms with Crippen LogP contribution in [-0.4, -0.2) is 42.0 Å². The monoisotopic (exact) mass is 280 g/mol. The first kappa shape index (κ1) is 16.3. The van der Waals surface area contributed by atoms with Crippen molar-refractivity contribution in [2.75, 3.05) is 20.7 Å². The SMILES string of the molecule is CCCn1c(C)c(C(=O)OCC)c(C(=O)N(C)C)c1C. The molecule has 5 heteroatoms. The van der Waals surface area contributed by atoms with Crippen LogP contribution in [0.2, 0.25) is 0 Å². The fourth-order valence-corrected chi connectivity index (χ4v) is 2.38. The van der Waals surface area contributed by atoms with Crippen molar-refractivity contribution in [1.29, 1.82) is 0 Å². The van der Waals surface area contributed by atoms with Gasteiger partial charge in [0.05, 0.1) is 17.7 Å². The van der Waals surface area contributed by atoms with Crippen molar-refractivity contribution in [3.63, 3.8) is 0 Å². The Morgan fingerprint density at radius 1 is 1.10 bits per heavy atom. The summed E-state index contributed by atoms with van der Waals surface area (Å²) >= 11 is 0. The number of ether oxygens (including phenoxy) is 1. The molecule has 0 saturated heterocycles. The van der Waals surface area contributed by atoms with Gasteiger partial charge >= 0.3 is 5.97 Å². The van der Waals surface area contributed by atoms with E-state index < -0.39 is 5.97 Å². The Morgan fingerprint density at radius 3 is 2.10 bits per heavy atom. The topological polar surface area (TPSA) is 51.5 Å². The third-order valence-corrected chi connectivity index (χ3v) is 3.33. The molecule has 0 bridgehead atoms. The minimum atomic E-state index is -0.423. The molecular weight excluding hydrogens is 256 g/mol. The van der Waals surface area contributed by atoms with Crippen molar-refractivity contribution in [3.8, 4) is 0 Å². The Morgan fingerprint density at radius 2 is 1.65 bits per heavy atom. The fourth-order valence-electron chi connectivity index (χ4n) is 2.38. The third kappa shape index (κ3) is 2.86. The van der Waals surface area contributed by atoms with Crippen LogP contribution in [0.25, 0.3) is 0 Å². The van der Waals surface area contributed by atoms with Crippen molar-refractivity contribution in [1.82, 2.24) is 9.47 Å². The first-order valence-corrected chi connectivity index (χ1v) is 6.95. The summed E-state index contributed by atoms with van der Waals surface area (Å²) in [4.78, 5) is 26.0. The van der Waals surface area contributed by atoms with Gasteiger partial charge in [0.15, 0.2) is 0 Å². The molecule has 0 aromatic carbocycles. The van der Waals surface area contributed by atoms with Gasteiger partial charge in [-0.25, -0.2) is 4.79 Å². The number of nitrogens with zero attached hydrogens (tertiary/aromatic N) is 2. The number of aromatic nitrogens is 1. The number of hydrogen-bond acceptors (Lipinski definition) is 3. The van der Waals surface area contributed by atoms with E-state index in [9.17, 15) is 9.59 Å². The molecule has 20 heavy (non-hydrogen) atoms.